The number of carbonyl (C=O) groups is 2. The van der Waals surface area contributed by atoms with E-state index in [-0.39, 0.29) is 11.8 Å². The maximum Gasteiger partial charge on any atom is 0.274 e. The predicted molar refractivity (Wildman–Crippen MR) is 95.5 cm³/mol. The highest BCUT2D eigenvalue weighted by molar-refractivity contribution is 6.31. The molecule has 3 aromatic rings. The zero-order valence-corrected chi connectivity index (χ0v) is 13.6. The fourth-order valence-corrected chi connectivity index (χ4v) is 2.57. The number of pyridine rings is 1. The molecule has 0 spiro atoms. The first-order chi connectivity index (χ1) is 11.5. The second-order valence-electron chi connectivity index (χ2n) is 5.21. The van der Waals surface area contributed by atoms with E-state index < -0.39 is 0 Å². The summed E-state index contributed by atoms with van der Waals surface area (Å²) < 4.78 is 0. The van der Waals surface area contributed by atoms with Gasteiger partial charge in [0.15, 0.2) is 0 Å². The number of anilines is 2. The average Bonchev–Trinajstić information content (AvgIpc) is 2.56. The van der Waals surface area contributed by atoms with Crippen LogP contribution in [-0.4, -0.2) is 16.8 Å². The van der Waals surface area contributed by atoms with E-state index in [4.69, 9.17) is 11.6 Å². The van der Waals surface area contributed by atoms with Gasteiger partial charge in [-0.2, -0.15) is 0 Å². The fraction of sp³-hybridized carbons (Fsp3) is 0.0556. The number of rotatable bonds is 3. The Bertz CT molecular complexity index is 935. The first kappa shape index (κ1) is 16.0. The number of hydrogen-bond donors (Lipinski definition) is 2. The first-order valence-corrected chi connectivity index (χ1v) is 7.64. The Morgan fingerprint density at radius 3 is 2.58 bits per heavy atom. The summed E-state index contributed by atoms with van der Waals surface area (Å²) in [6, 6.07) is 14.2. The van der Waals surface area contributed by atoms with Crippen molar-refractivity contribution in [2.24, 2.45) is 0 Å². The van der Waals surface area contributed by atoms with E-state index in [0.717, 1.165) is 10.8 Å². The zero-order chi connectivity index (χ0) is 17.1. The van der Waals surface area contributed by atoms with Crippen LogP contribution in [-0.2, 0) is 4.79 Å². The first-order valence-electron chi connectivity index (χ1n) is 7.27. The number of benzene rings is 2. The summed E-state index contributed by atoms with van der Waals surface area (Å²) in [6.07, 6.45) is 1.59. The maximum atomic E-state index is 12.6. The van der Waals surface area contributed by atoms with Crippen LogP contribution in [0, 0.1) is 0 Å². The van der Waals surface area contributed by atoms with Crippen LogP contribution >= 0.6 is 11.6 Å². The van der Waals surface area contributed by atoms with Gasteiger partial charge in [0.1, 0.15) is 5.69 Å². The monoisotopic (exact) mass is 339 g/mol. The molecule has 24 heavy (non-hydrogen) atoms. The fourth-order valence-electron chi connectivity index (χ4n) is 2.40. The van der Waals surface area contributed by atoms with Crippen LogP contribution in [0.25, 0.3) is 10.8 Å². The number of halogens is 1. The minimum Gasteiger partial charge on any atom is -0.325 e. The topological polar surface area (TPSA) is 71.1 Å². The Morgan fingerprint density at radius 2 is 1.79 bits per heavy atom. The van der Waals surface area contributed by atoms with Crippen molar-refractivity contribution >= 4 is 45.6 Å². The van der Waals surface area contributed by atoms with Gasteiger partial charge in [0, 0.05) is 23.5 Å². The second-order valence-corrected chi connectivity index (χ2v) is 5.64. The number of carbonyl (C=O) groups excluding carboxylic acids is 2. The molecule has 2 N–H and O–H groups in total. The minimum absolute atomic E-state index is 0.240. The standard InChI is InChI=1S/C18H14ClN3O2/c1-11(23)21-15-7-6-13(19)10-16(15)22-18(24)17-14-5-3-2-4-12(14)8-9-20-17/h2-10H,1H3,(H,21,23)(H,22,24). The average molecular weight is 340 g/mol. The van der Waals surface area contributed by atoms with Crippen molar-refractivity contribution in [1.29, 1.82) is 0 Å². The SMILES string of the molecule is CC(=O)Nc1ccc(Cl)cc1NC(=O)c1nccc2ccccc12. The molecule has 2 aromatic carbocycles. The molecule has 0 bridgehead atoms. The third-order valence-corrected chi connectivity index (χ3v) is 3.66. The lowest BCUT2D eigenvalue weighted by Crippen LogP contribution is -2.16. The molecule has 0 atom stereocenters. The third-order valence-electron chi connectivity index (χ3n) is 3.43. The largest absolute Gasteiger partial charge is 0.325 e. The van der Waals surface area contributed by atoms with Gasteiger partial charge in [-0.05, 0) is 29.7 Å². The number of hydrogen-bond acceptors (Lipinski definition) is 3. The molecule has 0 aliphatic heterocycles. The van der Waals surface area contributed by atoms with Crippen LogP contribution < -0.4 is 10.6 Å². The zero-order valence-electron chi connectivity index (χ0n) is 12.8. The van der Waals surface area contributed by atoms with E-state index in [1.54, 1.807) is 24.4 Å². The smallest absolute Gasteiger partial charge is 0.274 e. The molecule has 5 nitrogen and oxygen atoms in total. The highest BCUT2D eigenvalue weighted by Gasteiger charge is 2.14. The van der Waals surface area contributed by atoms with Crippen molar-refractivity contribution in [3.8, 4) is 0 Å². The predicted octanol–water partition coefficient (Wildman–Crippen LogP) is 4.10. The highest BCUT2D eigenvalue weighted by atomic mass is 35.5. The molecular formula is C18H14ClN3O2. The summed E-state index contributed by atoms with van der Waals surface area (Å²) >= 11 is 6.00. The Kier molecular flexibility index (Phi) is 4.44. The Hall–Kier alpha value is -2.92. The van der Waals surface area contributed by atoms with E-state index in [9.17, 15) is 9.59 Å². The lowest BCUT2D eigenvalue weighted by molar-refractivity contribution is -0.114. The maximum absolute atomic E-state index is 12.6. The summed E-state index contributed by atoms with van der Waals surface area (Å²) in [7, 11) is 0. The third kappa shape index (κ3) is 3.36. The van der Waals surface area contributed by atoms with Gasteiger partial charge in [-0.25, -0.2) is 0 Å². The summed E-state index contributed by atoms with van der Waals surface area (Å²) in [6.45, 7) is 1.40. The van der Waals surface area contributed by atoms with Gasteiger partial charge < -0.3 is 10.6 Å². The number of amides is 2. The van der Waals surface area contributed by atoms with Crippen LogP contribution in [0.5, 0.6) is 0 Å². The number of aromatic nitrogens is 1. The van der Waals surface area contributed by atoms with Gasteiger partial charge in [0.2, 0.25) is 5.91 Å². The minimum atomic E-state index is -0.374. The molecule has 0 fully saturated rings. The molecule has 0 unspecified atom stereocenters. The van der Waals surface area contributed by atoms with Gasteiger partial charge in [0.05, 0.1) is 11.4 Å². The molecule has 120 valence electrons. The normalized spacial score (nSPS) is 10.4. The molecule has 1 aromatic heterocycles. The molecule has 0 aliphatic carbocycles. The van der Waals surface area contributed by atoms with Crippen LogP contribution in [0.3, 0.4) is 0 Å². The van der Waals surface area contributed by atoms with Gasteiger partial charge in [-0.1, -0.05) is 35.9 Å². The van der Waals surface area contributed by atoms with Crippen LogP contribution in [0.1, 0.15) is 17.4 Å². The van der Waals surface area contributed by atoms with Crippen molar-refractivity contribution in [3.63, 3.8) is 0 Å². The summed E-state index contributed by atoms with van der Waals surface area (Å²) in [5.74, 6) is -0.614. The van der Waals surface area contributed by atoms with Crippen LogP contribution in [0.4, 0.5) is 11.4 Å². The van der Waals surface area contributed by atoms with Crippen molar-refractivity contribution in [3.05, 3.63) is 65.4 Å². The lowest BCUT2D eigenvalue weighted by atomic mass is 10.1. The molecule has 0 aliphatic rings. The number of fused-ring (bicyclic) bond motifs is 1. The van der Waals surface area contributed by atoms with E-state index in [2.05, 4.69) is 15.6 Å². The van der Waals surface area contributed by atoms with Gasteiger partial charge in [0.25, 0.3) is 5.91 Å². The second kappa shape index (κ2) is 6.68. The van der Waals surface area contributed by atoms with Gasteiger partial charge >= 0.3 is 0 Å². The van der Waals surface area contributed by atoms with E-state index in [1.165, 1.54) is 6.92 Å². The summed E-state index contributed by atoms with van der Waals surface area (Å²) in [4.78, 5) is 28.1. The number of nitrogens with zero attached hydrogens (tertiary/aromatic N) is 1. The molecule has 3 rings (SSSR count). The quantitative estimate of drug-likeness (QED) is 0.754. The lowest BCUT2D eigenvalue weighted by Gasteiger charge is -2.12. The Morgan fingerprint density at radius 1 is 1.00 bits per heavy atom. The van der Waals surface area contributed by atoms with Crippen LogP contribution in [0.15, 0.2) is 54.7 Å². The van der Waals surface area contributed by atoms with E-state index in [0.29, 0.717) is 22.1 Å². The molecule has 1 heterocycles. The van der Waals surface area contributed by atoms with E-state index in [1.807, 2.05) is 30.3 Å². The molecule has 6 heteroatoms. The highest BCUT2D eigenvalue weighted by Crippen LogP contribution is 2.27. The van der Waals surface area contributed by atoms with Gasteiger partial charge in [-0.3, -0.25) is 14.6 Å². The molecule has 2 amide bonds. The van der Waals surface area contributed by atoms with Crippen molar-refractivity contribution in [2.75, 3.05) is 10.6 Å². The van der Waals surface area contributed by atoms with Crippen molar-refractivity contribution < 1.29 is 9.59 Å². The summed E-state index contributed by atoms with van der Waals surface area (Å²) in [5.41, 5.74) is 1.19. The molecule has 0 radical (unpaired) electrons. The Balaban J connectivity index is 1.97. The summed E-state index contributed by atoms with van der Waals surface area (Å²) in [5, 5.41) is 7.55. The number of nitrogens with one attached hydrogen (secondary N) is 2. The van der Waals surface area contributed by atoms with Crippen molar-refractivity contribution in [1.82, 2.24) is 4.98 Å². The van der Waals surface area contributed by atoms with Crippen LogP contribution in [0.2, 0.25) is 5.02 Å². The Labute approximate surface area is 143 Å². The molecule has 0 saturated carbocycles. The van der Waals surface area contributed by atoms with Crippen molar-refractivity contribution in [2.45, 2.75) is 6.92 Å². The molecule has 0 saturated heterocycles. The van der Waals surface area contributed by atoms with E-state index >= 15 is 0 Å². The molecular weight excluding hydrogens is 326 g/mol. The van der Waals surface area contributed by atoms with Gasteiger partial charge in [-0.15, -0.1) is 0 Å².